The molecule has 0 spiro atoms. The van der Waals surface area contributed by atoms with Gasteiger partial charge in [-0.15, -0.1) is 0 Å². The minimum atomic E-state index is -0.110. The molecule has 0 radical (unpaired) electrons. The zero-order valence-corrected chi connectivity index (χ0v) is 13.9. The number of ketones is 1. The Kier molecular flexibility index (Phi) is 7.23. The van der Waals surface area contributed by atoms with E-state index in [4.69, 9.17) is 9.15 Å². The first kappa shape index (κ1) is 17.9. The molecular formula is C19H23NO4. The van der Waals surface area contributed by atoms with Gasteiger partial charge in [0.15, 0.2) is 5.78 Å². The fourth-order valence-electron chi connectivity index (χ4n) is 2.17. The Balaban J connectivity index is 1.53. The highest BCUT2D eigenvalue weighted by Gasteiger charge is 2.08. The van der Waals surface area contributed by atoms with Gasteiger partial charge in [0.05, 0.1) is 6.26 Å². The number of rotatable bonds is 10. The zero-order valence-electron chi connectivity index (χ0n) is 13.9. The first-order valence-corrected chi connectivity index (χ1v) is 8.12. The number of ether oxygens (including phenoxy) is 1. The average Bonchev–Trinajstić information content (AvgIpc) is 3.10. The second kappa shape index (κ2) is 9.67. The highest BCUT2D eigenvalue weighted by atomic mass is 16.5. The number of carbonyl (C=O) groups excluding carboxylic acids is 2. The number of nitrogens with one attached hydrogen (secondary N) is 1. The molecule has 1 N–H and O–H groups in total. The molecule has 5 heteroatoms. The van der Waals surface area contributed by atoms with Crippen LogP contribution < -0.4 is 5.32 Å². The number of carbonyl (C=O) groups is 2. The van der Waals surface area contributed by atoms with Crippen molar-refractivity contribution >= 4 is 11.7 Å². The molecule has 0 aliphatic heterocycles. The molecule has 0 fully saturated rings. The summed E-state index contributed by atoms with van der Waals surface area (Å²) in [6.07, 6.45) is 2.76. The second-order valence-electron chi connectivity index (χ2n) is 5.62. The van der Waals surface area contributed by atoms with Gasteiger partial charge in [-0.3, -0.25) is 9.59 Å². The van der Waals surface area contributed by atoms with Crippen molar-refractivity contribution in [2.45, 2.75) is 32.8 Å². The number of Topliss-reactive ketones (excluding diaryl/α,β-unsaturated/α-hetero) is 1. The van der Waals surface area contributed by atoms with Gasteiger partial charge in [0.1, 0.15) is 12.4 Å². The van der Waals surface area contributed by atoms with Gasteiger partial charge in [0.25, 0.3) is 0 Å². The number of hydrogen-bond acceptors (Lipinski definition) is 4. The van der Waals surface area contributed by atoms with E-state index < -0.39 is 0 Å². The highest BCUT2D eigenvalue weighted by Crippen LogP contribution is 2.07. The van der Waals surface area contributed by atoms with Crippen LogP contribution in [0.4, 0.5) is 0 Å². The van der Waals surface area contributed by atoms with E-state index >= 15 is 0 Å². The number of amides is 1. The van der Waals surface area contributed by atoms with Crippen molar-refractivity contribution in [2.75, 3.05) is 13.2 Å². The third-order valence-electron chi connectivity index (χ3n) is 3.56. The summed E-state index contributed by atoms with van der Waals surface area (Å²) >= 11 is 0. The van der Waals surface area contributed by atoms with E-state index in [1.54, 1.807) is 18.4 Å². The molecule has 0 bridgehead atoms. The van der Waals surface area contributed by atoms with Gasteiger partial charge in [-0.25, -0.2) is 0 Å². The van der Waals surface area contributed by atoms with Crippen molar-refractivity contribution in [3.05, 3.63) is 59.5 Å². The Morgan fingerprint density at radius 1 is 1.12 bits per heavy atom. The van der Waals surface area contributed by atoms with E-state index in [1.165, 1.54) is 0 Å². The molecule has 5 nitrogen and oxygen atoms in total. The van der Waals surface area contributed by atoms with Gasteiger partial charge in [-0.2, -0.15) is 0 Å². The van der Waals surface area contributed by atoms with Gasteiger partial charge < -0.3 is 14.5 Å². The Hall–Kier alpha value is -2.40. The summed E-state index contributed by atoms with van der Waals surface area (Å²) in [5.74, 6) is 0.669. The summed E-state index contributed by atoms with van der Waals surface area (Å²) < 4.78 is 10.6. The lowest BCUT2D eigenvalue weighted by molar-refractivity contribution is -0.121. The molecule has 2 aromatic rings. The molecule has 0 aliphatic rings. The first-order valence-electron chi connectivity index (χ1n) is 8.12. The highest BCUT2D eigenvalue weighted by molar-refractivity contribution is 5.97. The van der Waals surface area contributed by atoms with Gasteiger partial charge in [-0.1, -0.05) is 29.8 Å². The van der Waals surface area contributed by atoms with Crippen LogP contribution >= 0.6 is 0 Å². The van der Waals surface area contributed by atoms with Gasteiger partial charge >= 0.3 is 0 Å². The number of aryl methyl sites for hydroxylation is 1. The molecule has 24 heavy (non-hydrogen) atoms. The first-order chi connectivity index (χ1) is 11.6. The molecule has 0 saturated heterocycles. The largest absolute Gasteiger partial charge is 0.467 e. The third kappa shape index (κ3) is 6.38. The van der Waals surface area contributed by atoms with Crippen LogP contribution in [-0.2, 0) is 16.1 Å². The Labute approximate surface area is 142 Å². The monoisotopic (exact) mass is 329 g/mol. The molecule has 0 atom stereocenters. The van der Waals surface area contributed by atoms with Crippen LogP contribution in [0.2, 0.25) is 0 Å². The van der Waals surface area contributed by atoms with Crippen LogP contribution in [0.25, 0.3) is 0 Å². The fourth-order valence-corrected chi connectivity index (χ4v) is 2.17. The van der Waals surface area contributed by atoms with Gasteiger partial charge in [0, 0.05) is 31.6 Å². The van der Waals surface area contributed by atoms with Crippen LogP contribution in [-0.4, -0.2) is 24.8 Å². The quantitative estimate of drug-likeness (QED) is 0.536. The van der Waals surface area contributed by atoms with E-state index in [1.807, 2.05) is 31.2 Å². The van der Waals surface area contributed by atoms with Gasteiger partial charge in [-0.05, 0) is 25.5 Å². The number of hydrogen-bond donors (Lipinski definition) is 1. The molecule has 1 heterocycles. The summed E-state index contributed by atoms with van der Waals surface area (Å²) in [6, 6.07) is 11.1. The standard InChI is InChI=1S/C19H23NO4/c1-15-5-7-16(8-6-15)18(21)9-10-19(22)20-11-3-12-23-14-17-4-2-13-24-17/h2,4-8,13H,3,9-12,14H2,1H3,(H,20,22). The molecule has 1 aromatic carbocycles. The van der Waals surface area contributed by atoms with E-state index in [0.29, 0.717) is 25.3 Å². The fraction of sp³-hybridized carbons (Fsp3) is 0.368. The molecule has 1 amide bonds. The average molecular weight is 329 g/mol. The molecule has 0 unspecified atom stereocenters. The molecule has 2 rings (SSSR count). The van der Waals surface area contributed by atoms with E-state index in [2.05, 4.69) is 5.32 Å². The lowest BCUT2D eigenvalue weighted by Crippen LogP contribution is -2.25. The topological polar surface area (TPSA) is 68.5 Å². The lowest BCUT2D eigenvalue weighted by atomic mass is 10.1. The van der Waals surface area contributed by atoms with Crippen LogP contribution in [0.15, 0.2) is 47.1 Å². The van der Waals surface area contributed by atoms with Crippen LogP contribution in [0.3, 0.4) is 0 Å². The molecular weight excluding hydrogens is 306 g/mol. The van der Waals surface area contributed by atoms with Crippen molar-refractivity contribution < 1.29 is 18.7 Å². The Morgan fingerprint density at radius 2 is 1.92 bits per heavy atom. The summed E-state index contributed by atoms with van der Waals surface area (Å²) in [7, 11) is 0. The van der Waals surface area contributed by atoms with Crippen molar-refractivity contribution in [1.82, 2.24) is 5.32 Å². The van der Waals surface area contributed by atoms with Crippen molar-refractivity contribution in [2.24, 2.45) is 0 Å². The predicted octanol–water partition coefficient (Wildman–Crippen LogP) is 3.27. The molecule has 128 valence electrons. The maximum atomic E-state index is 12.0. The van der Waals surface area contributed by atoms with E-state index in [0.717, 1.165) is 17.7 Å². The Morgan fingerprint density at radius 3 is 2.62 bits per heavy atom. The summed E-state index contributed by atoms with van der Waals surface area (Å²) in [5, 5.41) is 2.80. The number of furan rings is 1. The summed E-state index contributed by atoms with van der Waals surface area (Å²) in [6.45, 7) is 3.49. The lowest BCUT2D eigenvalue weighted by Gasteiger charge is -2.06. The SMILES string of the molecule is Cc1ccc(C(=O)CCC(=O)NCCCOCc2ccco2)cc1. The predicted molar refractivity (Wildman–Crippen MR) is 90.7 cm³/mol. The maximum Gasteiger partial charge on any atom is 0.220 e. The van der Waals surface area contributed by atoms with Crippen LogP contribution in [0.1, 0.15) is 40.9 Å². The Bertz CT molecular complexity index is 632. The zero-order chi connectivity index (χ0) is 17.2. The van der Waals surface area contributed by atoms with Crippen molar-refractivity contribution in [3.8, 4) is 0 Å². The normalized spacial score (nSPS) is 10.5. The second-order valence-corrected chi connectivity index (χ2v) is 5.62. The van der Waals surface area contributed by atoms with E-state index in [-0.39, 0.29) is 24.5 Å². The van der Waals surface area contributed by atoms with Crippen LogP contribution in [0.5, 0.6) is 0 Å². The van der Waals surface area contributed by atoms with Crippen molar-refractivity contribution in [1.29, 1.82) is 0 Å². The maximum absolute atomic E-state index is 12.0. The summed E-state index contributed by atoms with van der Waals surface area (Å²) in [4.78, 5) is 23.7. The van der Waals surface area contributed by atoms with Crippen molar-refractivity contribution in [3.63, 3.8) is 0 Å². The number of benzene rings is 1. The minimum Gasteiger partial charge on any atom is -0.467 e. The van der Waals surface area contributed by atoms with Gasteiger partial charge in [0.2, 0.25) is 5.91 Å². The smallest absolute Gasteiger partial charge is 0.220 e. The molecule has 0 saturated carbocycles. The molecule has 1 aromatic heterocycles. The van der Waals surface area contributed by atoms with Crippen LogP contribution in [0, 0.1) is 6.92 Å². The van der Waals surface area contributed by atoms with E-state index in [9.17, 15) is 9.59 Å². The minimum absolute atomic E-state index is 0.00747. The molecule has 0 aliphatic carbocycles. The summed E-state index contributed by atoms with van der Waals surface area (Å²) in [5.41, 5.74) is 1.76. The third-order valence-corrected chi connectivity index (χ3v) is 3.56.